The molecule has 3 N–H and O–H groups in total. The van der Waals surface area contributed by atoms with E-state index in [9.17, 15) is 18.3 Å². The molecule has 2 saturated carbocycles. The first-order chi connectivity index (χ1) is 25.4. The molecule has 4 aliphatic heterocycles. The van der Waals surface area contributed by atoms with Gasteiger partial charge in [0.1, 0.15) is 5.75 Å². The molecule has 6 aliphatic rings. The van der Waals surface area contributed by atoms with Crippen molar-refractivity contribution < 1.29 is 32.6 Å². The van der Waals surface area contributed by atoms with Crippen LogP contribution in [0, 0.1) is 16.2 Å². The van der Waals surface area contributed by atoms with Gasteiger partial charge in [-0.3, -0.25) is 19.8 Å². The van der Waals surface area contributed by atoms with E-state index in [0.29, 0.717) is 58.3 Å². The van der Waals surface area contributed by atoms with Crippen molar-refractivity contribution in [3.63, 3.8) is 0 Å². The number of nitrogens with one attached hydrogen (secondary N) is 2. The molecule has 5 atom stereocenters. The van der Waals surface area contributed by atoms with Crippen molar-refractivity contribution >= 4 is 32.7 Å². The molecular formula is C40H51N5O7S. The van der Waals surface area contributed by atoms with Gasteiger partial charge in [-0.05, 0) is 87.5 Å². The Morgan fingerprint density at radius 1 is 0.981 bits per heavy atom. The van der Waals surface area contributed by atoms with E-state index < -0.39 is 32.9 Å². The van der Waals surface area contributed by atoms with Crippen molar-refractivity contribution in [2.24, 2.45) is 16.2 Å². The number of sulfonamides is 1. The minimum absolute atomic E-state index is 0.00827. The van der Waals surface area contributed by atoms with Crippen LogP contribution in [0.15, 0.2) is 36.4 Å². The maximum absolute atomic E-state index is 15.3. The number of hydrogen-bond donors (Lipinski definition) is 3. The van der Waals surface area contributed by atoms with E-state index in [0.717, 1.165) is 59.2 Å². The number of aliphatic hydroxyl groups is 1. The van der Waals surface area contributed by atoms with Gasteiger partial charge >= 0.3 is 0 Å². The van der Waals surface area contributed by atoms with E-state index in [-0.39, 0.29) is 28.2 Å². The fourth-order valence-electron chi connectivity index (χ4n) is 10.9. The van der Waals surface area contributed by atoms with Crippen LogP contribution in [0.25, 0.3) is 22.2 Å². The highest BCUT2D eigenvalue weighted by atomic mass is 32.2. The SMILES string of the molecule is CNC(O)N1CC23COCC2(CN(C(=O)[C@]24C[C@H]2c2cc(OC)ccc2-c2c(C5CCCCC5)c5ccc(C(=O)NS(=O)(=O)C(C)C)cc5n2C4)C3)C1. The second-order valence-electron chi connectivity index (χ2n) is 17.1. The summed E-state index contributed by atoms with van der Waals surface area (Å²) in [4.78, 5) is 33.0. The number of fused-ring (bicyclic) bond motifs is 7. The lowest BCUT2D eigenvalue weighted by molar-refractivity contribution is -0.138. The van der Waals surface area contributed by atoms with Crippen LogP contribution in [0.1, 0.15) is 85.7 Å². The molecule has 2 amide bonds. The third-order valence-corrected chi connectivity index (χ3v) is 15.5. The van der Waals surface area contributed by atoms with Crippen molar-refractivity contribution in [2.45, 2.75) is 82.4 Å². The highest BCUT2D eigenvalue weighted by Gasteiger charge is 2.71. The Morgan fingerprint density at radius 3 is 2.36 bits per heavy atom. The molecule has 12 nitrogen and oxygen atoms in total. The minimum atomic E-state index is -3.83. The van der Waals surface area contributed by atoms with Crippen LogP contribution in [0.2, 0.25) is 0 Å². The van der Waals surface area contributed by atoms with Crippen LogP contribution in [-0.4, -0.2) is 105 Å². The molecule has 284 valence electrons. The second kappa shape index (κ2) is 12.3. The normalized spacial score (nSPS) is 30.0. The Balaban J connectivity index is 1.17. The van der Waals surface area contributed by atoms with Gasteiger partial charge in [0.25, 0.3) is 5.91 Å². The van der Waals surface area contributed by atoms with E-state index >= 15 is 4.79 Å². The maximum Gasteiger partial charge on any atom is 0.264 e. The van der Waals surface area contributed by atoms with E-state index in [1.165, 1.54) is 12.0 Å². The molecule has 2 aliphatic carbocycles. The average Bonchev–Trinajstić information content (AvgIpc) is 3.33. The second-order valence-corrected chi connectivity index (χ2v) is 19.3. The Kier molecular flexibility index (Phi) is 8.15. The summed E-state index contributed by atoms with van der Waals surface area (Å²) < 4.78 is 41.9. The summed E-state index contributed by atoms with van der Waals surface area (Å²) >= 11 is 0. The molecule has 5 fully saturated rings. The lowest BCUT2D eigenvalue weighted by atomic mass is 9.71. The molecule has 5 heterocycles. The van der Waals surface area contributed by atoms with Gasteiger partial charge in [-0.15, -0.1) is 0 Å². The van der Waals surface area contributed by atoms with Gasteiger partial charge in [0, 0.05) is 71.5 Å². The highest BCUT2D eigenvalue weighted by molar-refractivity contribution is 7.90. The summed E-state index contributed by atoms with van der Waals surface area (Å²) in [6, 6.07) is 11.8. The number of methoxy groups -OCH3 is 1. The van der Waals surface area contributed by atoms with E-state index in [2.05, 4.69) is 36.5 Å². The lowest BCUT2D eigenvalue weighted by Crippen LogP contribution is -2.48. The number of rotatable bonds is 8. The van der Waals surface area contributed by atoms with E-state index in [1.54, 1.807) is 34.1 Å². The molecular weight excluding hydrogens is 695 g/mol. The first-order valence-corrected chi connectivity index (χ1v) is 20.8. The van der Waals surface area contributed by atoms with Crippen molar-refractivity contribution in [1.82, 2.24) is 24.4 Å². The van der Waals surface area contributed by atoms with Gasteiger partial charge in [-0.1, -0.05) is 25.3 Å². The molecule has 0 spiro atoms. The van der Waals surface area contributed by atoms with Crippen molar-refractivity contribution in [1.29, 1.82) is 0 Å². The first kappa shape index (κ1) is 35.2. The molecule has 2 aromatic carbocycles. The smallest absolute Gasteiger partial charge is 0.264 e. The molecule has 53 heavy (non-hydrogen) atoms. The fourth-order valence-corrected chi connectivity index (χ4v) is 11.5. The number of aromatic nitrogens is 1. The van der Waals surface area contributed by atoms with Crippen LogP contribution in [0.4, 0.5) is 0 Å². The minimum Gasteiger partial charge on any atom is -0.497 e. The molecule has 13 heteroatoms. The van der Waals surface area contributed by atoms with Gasteiger partial charge in [0.05, 0.1) is 36.7 Å². The molecule has 0 radical (unpaired) electrons. The lowest BCUT2D eigenvalue weighted by Gasteiger charge is -2.31. The van der Waals surface area contributed by atoms with Gasteiger partial charge in [-0.25, -0.2) is 13.1 Å². The zero-order valence-corrected chi connectivity index (χ0v) is 31.9. The number of aliphatic hydroxyl groups excluding tert-OH is 1. The zero-order chi connectivity index (χ0) is 37.1. The third-order valence-electron chi connectivity index (χ3n) is 13.8. The summed E-state index contributed by atoms with van der Waals surface area (Å²) in [7, 11) is -0.404. The van der Waals surface area contributed by atoms with Crippen LogP contribution < -0.4 is 14.8 Å². The summed E-state index contributed by atoms with van der Waals surface area (Å²) in [5.74, 6) is 0.571. The third kappa shape index (κ3) is 5.17. The Hall–Kier alpha value is -3.49. The van der Waals surface area contributed by atoms with E-state index in [1.807, 2.05) is 18.2 Å². The zero-order valence-electron chi connectivity index (χ0n) is 31.1. The van der Waals surface area contributed by atoms with Gasteiger partial charge in [-0.2, -0.15) is 0 Å². The van der Waals surface area contributed by atoms with Gasteiger partial charge < -0.3 is 24.0 Å². The summed E-state index contributed by atoms with van der Waals surface area (Å²) in [6.07, 6.45) is 5.60. The fraction of sp³-hybridized carbons (Fsp3) is 0.600. The average molecular weight is 746 g/mol. The van der Waals surface area contributed by atoms with Crippen LogP contribution in [-0.2, 0) is 26.1 Å². The molecule has 0 bridgehead atoms. The molecule has 3 unspecified atom stereocenters. The summed E-state index contributed by atoms with van der Waals surface area (Å²) in [6.45, 7) is 7.16. The van der Waals surface area contributed by atoms with Crippen LogP contribution in [0.5, 0.6) is 5.75 Å². The number of amides is 2. The van der Waals surface area contributed by atoms with Crippen molar-refractivity contribution in [2.75, 3.05) is 53.6 Å². The highest BCUT2D eigenvalue weighted by Crippen LogP contribution is 2.67. The number of likely N-dealkylation sites (tertiary alicyclic amines) is 2. The first-order valence-electron chi connectivity index (χ1n) is 19.2. The topological polar surface area (TPSA) is 142 Å². The largest absolute Gasteiger partial charge is 0.497 e. The molecule has 9 rings (SSSR count). The quantitative estimate of drug-likeness (QED) is 0.292. The number of benzene rings is 2. The Labute approximate surface area is 311 Å². The monoisotopic (exact) mass is 745 g/mol. The number of ether oxygens (including phenoxy) is 2. The maximum atomic E-state index is 15.3. The van der Waals surface area contributed by atoms with Crippen molar-refractivity contribution in [3.8, 4) is 17.0 Å². The van der Waals surface area contributed by atoms with Crippen LogP contribution in [0.3, 0.4) is 0 Å². The molecule has 3 saturated heterocycles. The van der Waals surface area contributed by atoms with E-state index in [4.69, 9.17) is 9.47 Å². The Bertz CT molecular complexity index is 2110. The van der Waals surface area contributed by atoms with Crippen LogP contribution >= 0.6 is 0 Å². The summed E-state index contributed by atoms with van der Waals surface area (Å²) in [5, 5.41) is 14.0. The van der Waals surface area contributed by atoms with Crippen molar-refractivity contribution in [3.05, 3.63) is 53.1 Å². The number of carbonyl (C=O) groups is 2. The predicted octanol–water partition coefficient (Wildman–Crippen LogP) is 3.98. The molecule has 3 aromatic rings. The standard InChI is InChI=1S/C40H51N5O7S/c1-24(2)53(49,50)42-35(46)26-10-12-29-32(14-26)45-21-40(36(47)43-17-38-19-44(37(48)41-3)20-39(38,18-43)23-52-22-38)16-31(40)30-15-27(51-4)11-13-28(30)34(45)33(29)25-8-6-5-7-9-25/h10-15,24-25,31,37,41,48H,5-9,16-23H2,1-4H3,(H,42,46)/t31-,37?,38?,39?,40-/m0/s1. The predicted molar refractivity (Wildman–Crippen MR) is 200 cm³/mol. The Morgan fingerprint density at radius 2 is 1.70 bits per heavy atom. The number of nitrogens with zero attached hydrogens (tertiary/aromatic N) is 3. The summed E-state index contributed by atoms with van der Waals surface area (Å²) in [5.41, 5.74) is 4.54. The van der Waals surface area contributed by atoms with Gasteiger partial charge in [0.2, 0.25) is 15.9 Å². The molecule has 1 aromatic heterocycles. The number of carbonyl (C=O) groups excluding carboxylic acids is 2. The van der Waals surface area contributed by atoms with Gasteiger partial charge in [0.15, 0.2) is 6.35 Å². The number of hydrogen-bond acceptors (Lipinski definition) is 9.